The van der Waals surface area contributed by atoms with E-state index in [1.54, 1.807) is 0 Å². The van der Waals surface area contributed by atoms with Crippen molar-refractivity contribution in [3.05, 3.63) is 60.8 Å². The van der Waals surface area contributed by atoms with Crippen molar-refractivity contribution in [1.29, 1.82) is 0 Å². The molecule has 6 heteroatoms. The molecule has 6 nitrogen and oxygen atoms in total. The Hall–Kier alpha value is -2.44. The average molecular weight is 812 g/mol. The van der Waals surface area contributed by atoms with Crippen LogP contribution in [0.4, 0.5) is 0 Å². The molecule has 3 N–H and O–H groups in total. The summed E-state index contributed by atoms with van der Waals surface area (Å²) in [6, 6.07) is -0.705. The number of esters is 1. The molecular weight excluding hydrogens is 719 g/mol. The number of hydrogen-bond acceptors (Lipinski definition) is 5. The Labute approximate surface area is 358 Å². The number of aliphatic hydroxyl groups excluding tert-OH is 2. The molecule has 3 unspecified atom stereocenters. The van der Waals surface area contributed by atoms with Gasteiger partial charge in [0.2, 0.25) is 5.91 Å². The molecule has 0 heterocycles. The number of unbranched alkanes of at least 4 members (excludes halogenated alkanes) is 25. The van der Waals surface area contributed by atoms with Gasteiger partial charge in [-0.2, -0.15) is 0 Å². The summed E-state index contributed by atoms with van der Waals surface area (Å²) in [7, 11) is 0. The zero-order chi connectivity index (χ0) is 42.4. The van der Waals surface area contributed by atoms with Crippen LogP contribution in [0.15, 0.2) is 60.8 Å². The Morgan fingerprint density at radius 3 is 1.40 bits per heavy atom. The summed E-state index contributed by atoms with van der Waals surface area (Å²) >= 11 is 0. The summed E-state index contributed by atoms with van der Waals surface area (Å²) in [5.74, 6) is -0.501. The minimum atomic E-state index is -0.790. The van der Waals surface area contributed by atoms with Crippen molar-refractivity contribution < 1.29 is 24.5 Å². The van der Waals surface area contributed by atoms with Crippen molar-refractivity contribution in [2.75, 3.05) is 6.61 Å². The SMILES string of the molecule is CCC/C=C/C=C/C=C/C=C/C=C/CCCCCCCC(=O)OC(CCCCCCCCCCCCCC)CC(=O)NC(CO)C(O)CCCCCCCCCCC. The summed E-state index contributed by atoms with van der Waals surface area (Å²) in [4.78, 5) is 26.1. The third-order valence-electron chi connectivity index (χ3n) is 11.0. The molecule has 1 amide bonds. The topological polar surface area (TPSA) is 95.9 Å². The first kappa shape index (κ1) is 55.6. The molecule has 336 valence electrons. The van der Waals surface area contributed by atoms with E-state index in [0.29, 0.717) is 19.3 Å². The smallest absolute Gasteiger partial charge is 0.306 e. The molecular formula is C52H93NO5. The highest BCUT2D eigenvalue weighted by Crippen LogP contribution is 2.18. The summed E-state index contributed by atoms with van der Waals surface area (Å²) in [5, 5.41) is 23.6. The van der Waals surface area contributed by atoms with Gasteiger partial charge in [-0.15, -0.1) is 0 Å². The van der Waals surface area contributed by atoms with Crippen LogP contribution in [0.1, 0.15) is 233 Å². The van der Waals surface area contributed by atoms with Gasteiger partial charge in [0.1, 0.15) is 6.10 Å². The van der Waals surface area contributed by atoms with Crippen molar-refractivity contribution in [2.45, 2.75) is 251 Å². The van der Waals surface area contributed by atoms with Crippen LogP contribution >= 0.6 is 0 Å². The van der Waals surface area contributed by atoms with Crippen LogP contribution in [0.3, 0.4) is 0 Å². The molecule has 0 aliphatic carbocycles. The van der Waals surface area contributed by atoms with E-state index in [9.17, 15) is 19.8 Å². The predicted molar refractivity (Wildman–Crippen MR) is 250 cm³/mol. The first-order valence-electron chi connectivity index (χ1n) is 24.6. The molecule has 0 bridgehead atoms. The van der Waals surface area contributed by atoms with E-state index in [2.05, 4.69) is 62.5 Å². The fraction of sp³-hybridized carbons (Fsp3) is 0.769. The third-order valence-corrected chi connectivity index (χ3v) is 11.0. The largest absolute Gasteiger partial charge is 0.462 e. The third kappa shape index (κ3) is 40.3. The van der Waals surface area contributed by atoms with E-state index >= 15 is 0 Å². The molecule has 0 saturated carbocycles. The Kier molecular flexibility index (Phi) is 43.7. The van der Waals surface area contributed by atoms with Gasteiger partial charge >= 0.3 is 5.97 Å². The monoisotopic (exact) mass is 812 g/mol. The maximum Gasteiger partial charge on any atom is 0.306 e. The first-order chi connectivity index (χ1) is 28.5. The van der Waals surface area contributed by atoms with Crippen molar-refractivity contribution in [3.63, 3.8) is 0 Å². The second-order valence-electron chi connectivity index (χ2n) is 16.6. The minimum absolute atomic E-state index is 0.0672. The molecule has 3 atom stereocenters. The lowest BCUT2D eigenvalue weighted by atomic mass is 10.0. The van der Waals surface area contributed by atoms with Crippen LogP contribution in [0.5, 0.6) is 0 Å². The van der Waals surface area contributed by atoms with Gasteiger partial charge in [0.05, 0.1) is 25.2 Å². The zero-order valence-electron chi connectivity index (χ0n) is 38.2. The second kappa shape index (κ2) is 45.6. The number of nitrogens with one attached hydrogen (secondary N) is 1. The van der Waals surface area contributed by atoms with E-state index in [4.69, 9.17) is 4.74 Å². The number of ether oxygens (including phenoxy) is 1. The fourth-order valence-corrected chi connectivity index (χ4v) is 7.22. The normalized spacial score (nSPS) is 13.8. The number of carbonyl (C=O) groups is 2. The average Bonchev–Trinajstić information content (AvgIpc) is 3.22. The van der Waals surface area contributed by atoms with Gasteiger partial charge in [0, 0.05) is 6.42 Å². The standard InChI is InChI=1S/C52H93NO5/c1-4-7-10-13-16-19-21-23-24-25-26-27-28-30-33-36-39-42-45-52(57)58-48(43-40-37-34-32-29-22-20-17-14-11-8-5-2)46-51(56)53-49(47-54)50(55)44-41-38-35-31-18-15-12-9-6-3/h10,13,16,19,21,23-27,48-50,54-55H,4-9,11-12,14-15,17-18,20,22,28-47H2,1-3H3,(H,53,56)/b13-10+,19-16+,23-21+,25-24+,27-26+. The van der Waals surface area contributed by atoms with Crippen LogP contribution in [0.2, 0.25) is 0 Å². The van der Waals surface area contributed by atoms with E-state index in [-0.39, 0.29) is 24.9 Å². The van der Waals surface area contributed by atoms with Crippen molar-refractivity contribution in [2.24, 2.45) is 0 Å². The van der Waals surface area contributed by atoms with Gasteiger partial charge in [-0.05, 0) is 44.9 Å². The minimum Gasteiger partial charge on any atom is -0.462 e. The molecule has 0 rings (SSSR count). The lowest BCUT2D eigenvalue weighted by molar-refractivity contribution is -0.151. The highest BCUT2D eigenvalue weighted by molar-refractivity contribution is 5.77. The molecule has 0 aromatic carbocycles. The number of aliphatic hydroxyl groups is 2. The lowest BCUT2D eigenvalue weighted by Crippen LogP contribution is -2.46. The summed E-state index contributed by atoms with van der Waals surface area (Å²) < 4.78 is 5.91. The highest BCUT2D eigenvalue weighted by Gasteiger charge is 2.24. The number of amides is 1. The Morgan fingerprint density at radius 1 is 0.500 bits per heavy atom. The van der Waals surface area contributed by atoms with Gasteiger partial charge in [0.25, 0.3) is 0 Å². The molecule has 0 aliphatic heterocycles. The molecule has 0 spiro atoms. The number of allylic oxidation sites excluding steroid dienone is 10. The number of carbonyl (C=O) groups excluding carboxylic acids is 2. The zero-order valence-corrected chi connectivity index (χ0v) is 38.2. The van der Waals surface area contributed by atoms with Crippen molar-refractivity contribution in [1.82, 2.24) is 5.32 Å². The number of hydrogen-bond donors (Lipinski definition) is 3. The van der Waals surface area contributed by atoms with E-state index in [0.717, 1.165) is 77.0 Å². The fourth-order valence-electron chi connectivity index (χ4n) is 7.22. The molecule has 0 radical (unpaired) electrons. The summed E-state index contributed by atoms with van der Waals surface area (Å²) in [6.07, 6.45) is 55.6. The Bertz CT molecular complexity index is 1050. The Balaban J connectivity index is 4.61. The maximum absolute atomic E-state index is 13.1. The van der Waals surface area contributed by atoms with Crippen LogP contribution in [0, 0.1) is 0 Å². The van der Waals surface area contributed by atoms with Crippen LogP contribution in [0.25, 0.3) is 0 Å². The van der Waals surface area contributed by atoms with Crippen LogP contribution in [-0.2, 0) is 14.3 Å². The van der Waals surface area contributed by atoms with E-state index in [1.807, 2.05) is 24.3 Å². The summed E-state index contributed by atoms with van der Waals surface area (Å²) in [5.41, 5.74) is 0. The maximum atomic E-state index is 13.1. The predicted octanol–water partition coefficient (Wildman–Crippen LogP) is 14.5. The van der Waals surface area contributed by atoms with Crippen molar-refractivity contribution >= 4 is 11.9 Å². The molecule has 0 aromatic rings. The molecule has 58 heavy (non-hydrogen) atoms. The second-order valence-corrected chi connectivity index (χ2v) is 16.6. The van der Waals surface area contributed by atoms with Gasteiger partial charge in [-0.3, -0.25) is 9.59 Å². The Morgan fingerprint density at radius 2 is 0.914 bits per heavy atom. The number of rotatable bonds is 43. The lowest BCUT2D eigenvalue weighted by Gasteiger charge is -2.24. The molecule has 0 fully saturated rings. The van der Waals surface area contributed by atoms with Crippen LogP contribution in [-0.4, -0.2) is 46.9 Å². The van der Waals surface area contributed by atoms with Crippen molar-refractivity contribution in [3.8, 4) is 0 Å². The van der Waals surface area contributed by atoms with E-state index < -0.39 is 18.2 Å². The van der Waals surface area contributed by atoms with Gasteiger partial charge in [-0.1, -0.05) is 236 Å². The van der Waals surface area contributed by atoms with Gasteiger partial charge < -0.3 is 20.3 Å². The first-order valence-corrected chi connectivity index (χ1v) is 24.6. The van der Waals surface area contributed by atoms with Gasteiger partial charge in [0.15, 0.2) is 0 Å². The van der Waals surface area contributed by atoms with Gasteiger partial charge in [-0.25, -0.2) is 0 Å². The summed E-state index contributed by atoms with van der Waals surface area (Å²) in [6.45, 7) is 6.37. The molecule has 0 aromatic heterocycles. The van der Waals surface area contributed by atoms with Crippen LogP contribution < -0.4 is 5.32 Å². The molecule has 0 aliphatic rings. The van der Waals surface area contributed by atoms with E-state index in [1.165, 1.54) is 109 Å². The highest BCUT2D eigenvalue weighted by atomic mass is 16.5. The molecule has 0 saturated heterocycles. The quantitative estimate of drug-likeness (QED) is 0.0324.